The third kappa shape index (κ3) is 2.55. The van der Waals surface area contributed by atoms with Crippen LogP contribution in [0.2, 0.25) is 0 Å². The van der Waals surface area contributed by atoms with Crippen LogP contribution in [0.25, 0.3) is 0 Å². The zero-order valence-corrected chi connectivity index (χ0v) is 9.24. The summed E-state index contributed by atoms with van der Waals surface area (Å²) in [5.41, 5.74) is 1.16. The van der Waals surface area contributed by atoms with Crippen LogP contribution in [0.4, 0.5) is 0 Å². The van der Waals surface area contributed by atoms with E-state index in [2.05, 4.69) is 27.8 Å². The van der Waals surface area contributed by atoms with E-state index in [9.17, 15) is 0 Å². The maximum Gasteiger partial charge on any atom is 0.0576 e. The lowest BCUT2D eigenvalue weighted by molar-refractivity contribution is 0.294. The van der Waals surface area contributed by atoms with Gasteiger partial charge in [0.05, 0.1) is 11.7 Å². The van der Waals surface area contributed by atoms with Crippen LogP contribution in [0.15, 0.2) is 24.4 Å². The fourth-order valence-corrected chi connectivity index (χ4v) is 2.35. The maximum absolute atomic E-state index is 4.43. The molecule has 2 atom stereocenters. The van der Waals surface area contributed by atoms with Crippen LogP contribution < -0.4 is 10.6 Å². The number of rotatable bonds is 3. The fraction of sp³-hybridized carbons (Fsp3) is 0.583. The summed E-state index contributed by atoms with van der Waals surface area (Å²) in [6, 6.07) is 6.52. The average Bonchev–Trinajstić information content (AvgIpc) is 2.33. The quantitative estimate of drug-likeness (QED) is 0.782. The van der Waals surface area contributed by atoms with Gasteiger partial charge in [0.1, 0.15) is 0 Å². The molecule has 0 saturated carbocycles. The second-order valence-corrected chi connectivity index (χ2v) is 4.13. The zero-order chi connectivity index (χ0) is 10.5. The third-order valence-corrected chi connectivity index (χ3v) is 3.12. The van der Waals surface area contributed by atoms with Gasteiger partial charge >= 0.3 is 0 Å². The number of nitrogens with zero attached hydrogens (tertiary/aromatic N) is 1. The van der Waals surface area contributed by atoms with Crippen molar-refractivity contribution in [2.45, 2.75) is 18.9 Å². The SMILES string of the molecule is CNC(c1ccccn1)C1CCCNC1. The summed E-state index contributed by atoms with van der Waals surface area (Å²) in [5.74, 6) is 0.665. The fourth-order valence-electron chi connectivity index (χ4n) is 2.35. The zero-order valence-electron chi connectivity index (χ0n) is 9.24. The van der Waals surface area contributed by atoms with E-state index >= 15 is 0 Å². The molecule has 0 radical (unpaired) electrons. The Morgan fingerprint density at radius 2 is 2.47 bits per heavy atom. The van der Waals surface area contributed by atoms with Crippen molar-refractivity contribution in [2.24, 2.45) is 5.92 Å². The highest BCUT2D eigenvalue weighted by atomic mass is 15.0. The van der Waals surface area contributed by atoms with E-state index in [0.717, 1.165) is 18.8 Å². The molecule has 1 aromatic heterocycles. The van der Waals surface area contributed by atoms with E-state index in [-0.39, 0.29) is 0 Å². The van der Waals surface area contributed by atoms with Gasteiger partial charge in [0.15, 0.2) is 0 Å². The minimum absolute atomic E-state index is 0.388. The van der Waals surface area contributed by atoms with Gasteiger partial charge in [-0.25, -0.2) is 0 Å². The van der Waals surface area contributed by atoms with Crippen molar-refractivity contribution in [1.29, 1.82) is 0 Å². The molecule has 2 N–H and O–H groups in total. The Bertz CT molecular complexity index is 280. The van der Waals surface area contributed by atoms with Crippen LogP contribution in [0.3, 0.4) is 0 Å². The summed E-state index contributed by atoms with van der Waals surface area (Å²) in [6.07, 6.45) is 4.43. The highest BCUT2D eigenvalue weighted by Gasteiger charge is 2.24. The maximum atomic E-state index is 4.43. The first-order chi connectivity index (χ1) is 7.42. The minimum atomic E-state index is 0.388. The van der Waals surface area contributed by atoms with E-state index < -0.39 is 0 Å². The third-order valence-electron chi connectivity index (χ3n) is 3.12. The van der Waals surface area contributed by atoms with Crippen molar-refractivity contribution in [3.8, 4) is 0 Å². The Morgan fingerprint density at radius 1 is 1.53 bits per heavy atom. The minimum Gasteiger partial charge on any atom is -0.316 e. The number of hydrogen-bond acceptors (Lipinski definition) is 3. The number of hydrogen-bond donors (Lipinski definition) is 2. The Hall–Kier alpha value is -0.930. The van der Waals surface area contributed by atoms with Crippen LogP contribution in [-0.4, -0.2) is 25.1 Å². The normalized spacial score (nSPS) is 23.7. The summed E-state index contributed by atoms with van der Waals surface area (Å²) in [4.78, 5) is 4.43. The molecule has 1 fully saturated rings. The van der Waals surface area contributed by atoms with Crippen molar-refractivity contribution in [3.63, 3.8) is 0 Å². The Kier molecular flexibility index (Phi) is 3.69. The number of pyridine rings is 1. The highest BCUT2D eigenvalue weighted by molar-refractivity contribution is 5.10. The Balaban J connectivity index is 2.09. The van der Waals surface area contributed by atoms with Crippen molar-refractivity contribution in [1.82, 2.24) is 15.6 Å². The van der Waals surface area contributed by atoms with Gasteiger partial charge in [-0.3, -0.25) is 4.98 Å². The lowest BCUT2D eigenvalue weighted by Gasteiger charge is -2.30. The van der Waals surface area contributed by atoms with Crippen LogP contribution in [-0.2, 0) is 0 Å². The summed E-state index contributed by atoms with van der Waals surface area (Å²) >= 11 is 0. The summed E-state index contributed by atoms with van der Waals surface area (Å²) in [6.45, 7) is 2.26. The van der Waals surface area contributed by atoms with Crippen molar-refractivity contribution in [2.75, 3.05) is 20.1 Å². The largest absolute Gasteiger partial charge is 0.316 e. The average molecular weight is 205 g/mol. The van der Waals surface area contributed by atoms with Gasteiger partial charge in [0, 0.05) is 6.20 Å². The van der Waals surface area contributed by atoms with Gasteiger partial charge in [-0.1, -0.05) is 6.07 Å². The van der Waals surface area contributed by atoms with Gasteiger partial charge < -0.3 is 10.6 Å². The summed E-state index contributed by atoms with van der Waals surface area (Å²) in [7, 11) is 2.02. The first-order valence-electron chi connectivity index (χ1n) is 5.70. The van der Waals surface area contributed by atoms with Gasteiger partial charge in [0.2, 0.25) is 0 Å². The summed E-state index contributed by atoms with van der Waals surface area (Å²) in [5, 5.41) is 6.84. The molecule has 1 saturated heterocycles. The molecule has 0 spiro atoms. The van der Waals surface area contributed by atoms with E-state index in [4.69, 9.17) is 0 Å². The second-order valence-electron chi connectivity index (χ2n) is 4.13. The molecule has 0 bridgehead atoms. The molecule has 2 rings (SSSR count). The molecule has 0 aliphatic carbocycles. The smallest absolute Gasteiger partial charge is 0.0576 e. The van der Waals surface area contributed by atoms with Gasteiger partial charge in [-0.2, -0.15) is 0 Å². The van der Waals surface area contributed by atoms with Gasteiger partial charge in [0.25, 0.3) is 0 Å². The Morgan fingerprint density at radius 3 is 3.07 bits per heavy atom. The summed E-state index contributed by atoms with van der Waals surface area (Å²) < 4.78 is 0. The standard InChI is InChI=1S/C12H19N3/c1-13-12(10-5-4-7-14-9-10)11-6-2-3-8-15-11/h2-3,6,8,10,12-14H,4-5,7,9H2,1H3. The molecule has 0 amide bonds. The molecule has 2 heterocycles. The first kappa shape index (κ1) is 10.6. The molecule has 1 aromatic rings. The second kappa shape index (κ2) is 5.24. The van der Waals surface area contributed by atoms with E-state index in [1.165, 1.54) is 12.8 Å². The lowest BCUT2D eigenvalue weighted by atomic mass is 9.89. The number of piperidine rings is 1. The topological polar surface area (TPSA) is 37.0 Å². The van der Waals surface area contributed by atoms with Crippen LogP contribution >= 0.6 is 0 Å². The molecule has 82 valence electrons. The van der Waals surface area contributed by atoms with Gasteiger partial charge in [-0.05, 0) is 51.0 Å². The molecule has 0 aromatic carbocycles. The molecule has 3 nitrogen and oxygen atoms in total. The molecular formula is C12H19N3. The molecule has 2 unspecified atom stereocenters. The van der Waals surface area contributed by atoms with Crippen LogP contribution in [0.5, 0.6) is 0 Å². The molecule has 3 heteroatoms. The molecule has 15 heavy (non-hydrogen) atoms. The van der Waals surface area contributed by atoms with Crippen LogP contribution in [0.1, 0.15) is 24.6 Å². The number of nitrogens with one attached hydrogen (secondary N) is 2. The van der Waals surface area contributed by atoms with Crippen molar-refractivity contribution < 1.29 is 0 Å². The monoisotopic (exact) mass is 205 g/mol. The molecule has 1 aliphatic rings. The predicted molar refractivity (Wildman–Crippen MR) is 61.6 cm³/mol. The van der Waals surface area contributed by atoms with E-state index in [1.807, 2.05) is 19.3 Å². The molecular weight excluding hydrogens is 186 g/mol. The Labute approximate surface area is 91.3 Å². The predicted octanol–water partition coefficient (Wildman–Crippen LogP) is 1.34. The van der Waals surface area contributed by atoms with E-state index in [1.54, 1.807) is 0 Å². The van der Waals surface area contributed by atoms with Crippen LogP contribution in [0, 0.1) is 5.92 Å². The van der Waals surface area contributed by atoms with Gasteiger partial charge in [-0.15, -0.1) is 0 Å². The highest BCUT2D eigenvalue weighted by Crippen LogP contribution is 2.25. The first-order valence-corrected chi connectivity index (χ1v) is 5.70. The molecule has 1 aliphatic heterocycles. The number of aromatic nitrogens is 1. The van der Waals surface area contributed by atoms with Crippen molar-refractivity contribution in [3.05, 3.63) is 30.1 Å². The lowest BCUT2D eigenvalue weighted by Crippen LogP contribution is -2.37. The van der Waals surface area contributed by atoms with Crippen molar-refractivity contribution >= 4 is 0 Å². The van der Waals surface area contributed by atoms with E-state index in [0.29, 0.717) is 12.0 Å².